The van der Waals surface area contributed by atoms with Crippen LogP contribution in [0, 0.1) is 0 Å². The van der Waals surface area contributed by atoms with Crippen LogP contribution in [0.2, 0.25) is 0 Å². The Hall–Kier alpha value is -0.700. The molecule has 1 aliphatic heterocycles. The second kappa shape index (κ2) is 14.3. The van der Waals surface area contributed by atoms with Gasteiger partial charge in [-0.25, -0.2) is 4.79 Å². The Morgan fingerprint density at radius 1 is 1.30 bits per heavy atom. The fourth-order valence-electron chi connectivity index (χ4n) is 1.87. The summed E-state index contributed by atoms with van der Waals surface area (Å²) in [6.45, 7) is 1.70. The van der Waals surface area contributed by atoms with Crippen molar-refractivity contribution in [3.8, 4) is 0 Å². The van der Waals surface area contributed by atoms with Crippen LogP contribution in [-0.4, -0.2) is 65.5 Å². The van der Waals surface area contributed by atoms with Crippen LogP contribution in [0.25, 0.3) is 0 Å². The number of benzene rings is 1. The molecule has 2 N–H and O–H groups in total. The summed E-state index contributed by atoms with van der Waals surface area (Å²) >= 11 is 0. The fourth-order valence-corrected chi connectivity index (χ4v) is 1.87. The van der Waals surface area contributed by atoms with E-state index in [4.69, 9.17) is 27.5 Å². The van der Waals surface area contributed by atoms with E-state index < -0.39 is 16.3 Å². The summed E-state index contributed by atoms with van der Waals surface area (Å²) in [5.74, 6) is -0.500. The number of hydrogen-bond acceptors (Lipinski definition) is 9. The molecule has 0 atom stereocenters. The van der Waals surface area contributed by atoms with E-state index >= 15 is 0 Å². The third-order valence-electron chi connectivity index (χ3n) is 2.91. The van der Waals surface area contributed by atoms with E-state index in [2.05, 4.69) is 10.5 Å². The van der Waals surface area contributed by atoms with Gasteiger partial charge in [-0.1, -0.05) is 17.3 Å². The molecule has 0 aromatic heterocycles. The van der Waals surface area contributed by atoms with Crippen molar-refractivity contribution < 1.29 is 96.2 Å². The summed E-state index contributed by atoms with van der Waals surface area (Å²) in [5, 5.41) is 13.4. The molecule has 0 bridgehead atoms. The Morgan fingerprint density at radius 2 is 1.85 bits per heavy atom. The number of rotatable bonds is 5. The summed E-state index contributed by atoms with van der Waals surface area (Å²) in [5.41, 5.74) is 1.66. The first-order valence-corrected chi connectivity index (χ1v) is 8.18. The monoisotopic (exact) mass is 419 g/mol. The van der Waals surface area contributed by atoms with E-state index in [1.165, 1.54) is 0 Å². The number of nitrogens with one attached hydrogen (secondary N) is 1. The number of anilines is 1. The first-order chi connectivity index (χ1) is 11.7. The maximum absolute atomic E-state index is 11.3. The van der Waals surface area contributed by atoms with Crippen LogP contribution in [0.15, 0.2) is 29.4 Å². The molecular formula is C13H15N3Na2O8S. The number of oxime groups is 1. The minimum atomic E-state index is -5.17. The average Bonchev–Trinajstić information content (AvgIpc) is 2.90. The zero-order valence-electron chi connectivity index (χ0n) is 14.8. The second-order valence-electron chi connectivity index (χ2n) is 4.69. The molecule has 138 valence electrons. The topological polar surface area (TPSA) is 171 Å². The maximum Gasteiger partial charge on any atom is 1.00 e. The van der Waals surface area contributed by atoms with Crippen molar-refractivity contribution in [1.82, 2.24) is 4.90 Å². The summed E-state index contributed by atoms with van der Waals surface area (Å²) < 4.78 is 38.9. The van der Waals surface area contributed by atoms with Crippen LogP contribution in [0.1, 0.15) is 5.56 Å². The van der Waals surface area contributed by atoms with E-state index in [1.807, 2.05) is 12.1 Å². The Labute approximate surface area is 200 Å². The van der Waals surface area contributed by atoms with Gasteiger partial charge in [0.25, 0.3) is 5.91 Å². The molecule has 1 aliphatic rings. The van der Waals surface area contributed by atoms with E-state index in [9.17, 15) is 9.59 Å². The molecule has 1 saturated heterocycles. The van der Waals surface area contributed by atoms with Crippen LogP contribution in [0.3, 0.4) is 0 Å². The molecule has 2 amide bonds. The standard InChI is InChI=1S/C13H15N3O4.2Na.H2O4S/c17-12(9-14-19)15-11-3-1-10(2-4-11)5-6-16-7-8-20-13(16)18;;;1-5(2,3)4/h1-4,9,19H,5-8H2,(H,15,17);;;(H2,1,2,3,4)/q;2*+1;/p-2. The number of carbonyl (C=O) groups excluding carboxylic acids is 2. The van der Waals surface area contributed by atoms with Gasteiger partial charge in [0.2, 0.25) is 0 Å². The van der Waals surface area contributed by atoms with E-state index in [-0.39, 0.29) is 65.2 Å². The van der Waals surface area contributed by atoms with Crippen molar-refractivity contribution in [2.24, 2.45) is 5.16 Å². The van der Waals surface area contributed by atoms with Crippen LogP contribution in [0.4, 0.5) is 10.5 Å². The predicted molar refractivity (Wildman–Crippen MR) is 82.4 cm³/mol. The van der Waals surface area contributed by atoms with Gasteiger partial charge in [0.1, 0.15) is 12.8 Å². The SMILES string of the molecule is O=C(C=NO)Nc1ccc(CCN2CCOC2=O)cc1.O=S(=O)([O-])[O-].[Na+].[Na+]. The van der Waals surface area contributed by atoms with Gasteiger partial charge < -0.3 is 29.3 Å². The summed E-state index contributed by atoms with van der Waals surface area (Å²) in [7, 11) is -5.17. The molecule has 0 spiro atoms. The van der Waals surface area contributed by atoms with Gasteiger partial charge in [-0.15, -0.1) is 0 Å². The summed E-state index contributed by atoms with van der Waals surface area (Å²) in [4.78, 5) is 24.1. The van der Waals surface area contributed by atoms with Gasteiger partial charge in [-0.05, 0) is 24.1 Å². The molecule has 0 radical (unpaired) electrons. The van der Waals surface area contributed by atoms with Gasteiger partial charge in [0, 0.05) is 22.6 Å². The fraction of sp³-hybridized carbons (Fsp3) is 0.308. The van der Waals surface area contributed by atoms with Crippen LogP contribution in [-0.2, 0) is 26.4 Å². The van der Waals surface area contributed by atoms with Gasteiger partial charge in [-0.3, -0.25) is 13.2 Å². The molecule has 0 aliphatic carbocycles. The Bertz CT molecular complexity index is 720. The molecule has 27 heavy (non-hydrogen) atoms. The zero-order chi connectivity index (χ0) is 18.9. The number of carbonyl (C=O) groups is 2. The Morgan fingerprint density at radius 3 is 2.30 bits per heavy atom. The van der Waals surface area contributed by atoms with E-state index in [0.29, 0.717) is 25.4 Å². The van der Waals surface area contributed by atoms with E-state index in [0.717, 1.165) is 18.2 Å². The van der Waals surface area contributed by atoms with Crippen molar-refractivity contribution in [1.29, 1.82) is 0 Å². The third-order valence-corrected chi connectivity index (χ3v) is 2.91. The largest absolute Gasteiger partial charge is 1.00 e. The number of cyclic esters (lactones) is 1. The van der Waals surface area contributed by atoms with Crippen LogP contribution >= 0.6 is 0 Å². The minimum absolute atomic E-state index is 0. The summed E-state index contributed by atoms with van der Waals surface area (Å²) in [6.07, 6.45) is 1.24. The number of ether oxygens (including phenoxy) is 1. The minimum Gasteiger partial charge on any atom is -0.759 e. The van der Waals surface area contributed by atoms with Gasteiger partial charge in [-0.2, -0.15) is 0 Å². The molecule has 1 aromatic carbocycles. The van der Waals surface area contributed by atoms with Crippen molar-refractivity contribution in [2.75, 3.05) is 25.0 Å². The van der Waals surface area contributed by atoms with Crippen molar-refractivity contribution >= 4 is 34.3 Å². The predicted octanol–water partition coefficient (Wildman–Crippen LogP) is -6.25. The average molecular weight is 419 g/mol. The molecule has 1 fully saturated rings. The van der Waals surface area contributed by atoms with Crippen molar-refractivity contribution in [3.63, 3.8) is 0 Å². The van der Waals surface area contributed by atoms with Gasteiger partial charge >= 0.3 is 65.2 Å². The molecular weight excluding hydrogens is 404 g/mol. The maximum atomic E-state index is 11.3. The zero-order valence-corrected chi connectivity index (χ0v) is 19.6. The molecule has 1 aromatic rings. The third kappa shape index (κ3) is 14.0. The van der Waals surface area contributed by atoms with Crippen molar-refractivity contribution in [3.05, 3.63) is 29.8 Å². The number of nitrogens with zero attached hydrogens (tertiary/aromatic N) is 2. The first-order valence-electron chi connectivity index (χ1n) is 6.85. The van der Waals surface area contributed by atoms with Gasteiger partial charge in [0.15, 0.2) is 0 Å². The van der Waals surface area contributed by atoms with Crippen LogP contribution < -0.4 is 64.4 Å². The number of hydrogen-bond donors (Lipinski definition) is 2. The van der Waals surface area contributed by atoms with Crippen LogP contribution in [0.5, 0.6) is 0 Å². The molecule has 0 saturated carbocycles. The smallest absolute Gasteiger partial charge is 0.759 e. The quantitative estimate of drug-likeness (QED) is 0.118. The molecule has 2 rings (SSSR count). The van der Waals surface area contributed by atoms with E-state index in [1.54, 1.807) is 17.0 Å². The Balaban J connectivity index is 0. The molecule has 14 heteroatoms. The number of amides is 2. The Kier molecular flexibility index (Phi) is 15.1. The summed E-state index contributed by atoms with van der Waals surface area (Å²) in [6, 6.07) is 7.24. The normalized spacial score (nSPS) is 13.0. The molecule has 1 heterocycles. The molecule has 0 unspecified atom stereocenters. The van der Waals surface area contributed by atoms with Crippen molar-refractivity contribution in [2.45, 2.75) is 6.42 Å². The molecule has 11 nitrogen and oxygen atoms in total. The first kappa shape index (κ1) is 28.5. The van der Waals surface area contributed by atoms with Gasteiger partial charge in [0.05, 0.1) is 6.54 Å². The second-order valence-corrected chi connectivity index (χ2v) is 5.51.